The second-order valence-electron chi connectivity index (χ2n) is 7.35. The number of hydrogen-bond donors (Lipinski definition) is 0. The van der Waals surface area contributed by atoms with Crippen LogP contribution in [0.3, 0.4) is 0 Å². The zero-order valence-electron chi connectivity index (χ0n) is 14.5. The summed E-state index contributed by atoms with van der Waals surface area (Å²) in [6.45, 7) is 6.97. The van der Waals surface area contributed by atoms with Gasteiger partial charge >= 0.3 is 5.97 Å². The zero-order chi connectivity index (χ0) is 16.3. The van der Waals surface area contributed by atoms with E-state index in [9.17, 15) is 4.79 Å². The second-order valence-corrected chi connectivity index (χ2v) is 7.35. The third-order valence-corrected chi connectivity index (χ3v) is 5.81. The SMILES string of the molecule is CCCN1CCC[C@]2(C)[C@H](OC(=O)c3ccccc3)CCC[C@@H]12. The highest BCUT2D eigenvalue weighted by molar-refractivity contribution is 5.89. The Bertz CT molecular complexity index is 528. The Labute approximate surface area is 140 Å². The standard InChI is InChI=1S/C20H29NO2/c1-3-14-21-15-8-13-20(2)17(21)11-7-12-18(20)23-19(22)16-9-5-4-6-10-16/h4-6,9-10,17-18H,3,7-8,11-15H2,1-2H3/t17-,18-,20+/m1/s1. The van der Waals surface area contributed by atoms with E-state index in [-0.39, 0.29) is 17.5 Å². The minimum Gasteiger partial charge on any atom is -0.458 e. The van der Waals surface area contributed by atoms with Crippen LogP contribution in [0.4, 0.5) is 0 Å². The van der Waals surface area contributed by atoms with Crippen LogP contribution in [0.1, 0.15) is 62.7 Å². The first-order valence-electron chi connectivity index (χ1n) is 9.15. The van der Waals surface area contributed by atoms with Gasteiger partial charge in [-0.2, -0.15) is 0 Å². The molecule has 0 spiro atoms. The lowest BCUT2D eigenvalue weighted by Crippen LogP contribution is -2.58. The van der Waals surface area contributed by atoms with Crippen LogP contribution in [0.15, 0.2) is 30.3 Å². The molecule has 23 heavy (non-hydrogen) atoms. The predicted molar refractivity (Wildman–Crippen MR) is 92.5 cm³/mol. The summed E-state index contributed by atoms with van der Waals surface area (Å²) in [6, 6.07) is 9.97. The molecule has 2 aliphatic rings. The number of hydrogen-bond acceptors (Lipinski definition) is 3. The van der Waals surface area contributed by atoms with Gasteiger partial charge in [-0.3, -0.25) is 4.90 Å². The molecule has 1 aliphatic heterocycles. The number of carbonyl (C=O) groups excluding carboxylic acids is 1. The van der Waals surface area contributed by atoms with E-state index in [0.29, 0.717) is 11.6 Å². The van der Waals surface area contributed by atoms with E-state index in [1.807, 2.05) is 30.3 Å². The Balaban J connectivity index is 1.75. The number of fused-ring (bicyclic) bond motifs is 1. The minimum atomic E-state index is -0.162. The first-order chi connectivity index (χ1) is 11.1. The van der Waals surface area contributed by atoms with Gasteiger partial charge in [0.2, 0.25) is 0 Å². The molecule has 0 radical (unpaired) electrons. The van der Waals surface area contributed by atoms with Crippen LogP contribution in [-0.4, -0.2) is 36.1 Å². The quantitative estimate of drug-likeness (QED) is 0.777. The molecule has 0 unspecified atom stereocenters. The summed E-state index contributed by atoms with van der Waals surface area (Å²) in [5, 5.41) is 0. The van der Waals surface area contributed by atoms with Crippen LogP contribution in [0, 0.1) is 5.41 Å². The molecule has 3 rings (SSSR count). The zero-order valence-corrected chi connectivity index (χ0v) is 14.5. The highest BCUT2D eigenvalue weighted by atomic mass is 16.5. The molecule has 1 saturated heterocycles. The number of carbonyl (C=O) groups is 1. The summed E-state index contributed by atoms with van der Waals surface area (Å²) in [6.07, 6.45) is 7.04. The first kappa shape index (κ1) is 16.5. The van der Waals surface area contributed by atoms with Crippen molar-refractivity contribution in [3.8, 4) is 0 Å². The summed E-state index contributed by atoms with van der Waals surface area (Å²) < 4.78 is 6.01. The molecule has 3 nitrogen and oxygen atoms in total. The molecule has 2 fully saturated rings. The molecule has 1 aliphatic carbocycles. The average Bonchev–Trinajstić information content (AvgIpc) is 2.57. The molecular weight excluding hydrogens is 286 g/mol. The van der Waals surface area contributed by atoms with Crippen molar-refractivity contribution in [3.63, 3.8) is 0 Å². The molecule has 0 N–H and O–H groups in total. The maximum Gasteiger partial charge on any atom is 0.338 e. The van der Waals surface area contributed by atoms with Gasteiger partial charge in [0.15, 0.2) is 0 Å². The molecular formula is C20H29NO2. The van der Waals surface area contributed by atoms with Crippen LogP contribution in [-0.2, 0) is 4.74 Å². The van der Waals surface area contributed by atoms with Crippen molar-refractivity contribution in [2.75, 3.05) is 13.1 Å². The van der Waals surface area contributed by atoms with Gasteiger partial charge in [0, 0.05) is 11.5 Å². The topological polar surface area (TPSA) is 29.5 Å². The molecule has 3 atom stereocenters. The van der Waals surface area contributed by atoms with Gasteiger partial charge in [0.1, 0.15) is 6.10 Å². The van der Waals surface area contributed by atoms with Crippen molar-refractivity contribution in [1.29, 1.82) is 0 Å². The Morgan fingerprint density at radius 1 is 1.26 bits per heavy atom. The summed E-state index contributed by atoms with van der Waals surface area (Å²) in [4.78, 5) is 15.1. The Kier molecular flexibility index (Phi) is 5.05. The van der Waals surface area contributed by atoms with Crippen molar-refractivity contribution in [3.05, 3.63) is 35.9 Å². The van der Waals surface area contributed by atoms with E-state index in [1.165, 1.54) is 38.8 Å². The van der Waals surface area contributed by atoms with E-state index >= 15 is 0 Å². The number of likely N-dealkylation sites (tertiary alicyclic amines) is 1. The van der Waals surface area contributed by atoms with Gasteiger partial charge in [-0.25, -0.2) is 4.79 Å². The Morgan fingerprint density at radius 3 is 2.78 bits per heavy atom. The van der Waals surface area contributed by atoms with Crippen molar-refractivity contribution in [2.45, 2.75) is 64.5 Å². The molecule has 0 aromatic heterocycles. The van der Waals surface area contributed by atoms with Crippen LogP contribution in [0.5, 0.6) is 0 Å². The number of ether oxygens (including phenoxy) is 1. The largest absolute Gasteiger partial charge is 0.458 e. The van der Waals surface area contributed by atoms with Gasteiger partial charge in [0.05, 0.1) is 5.56 Å². The number of rotatable bonds is 4. The monoisotopic (exact) mass is 315 g/mol. The van der Waals surface area contributed by atoms with Crippen LogP contribution < -0.4 is 0 Å². The van der Waals surface area contributed by atoms with E-state index in [4.69, 9.17) is 4.74 Å². The number of esters is 1. The van der Waals surface area contributed by atoms with Gasteiger partial charge in [-0.05, 0) is 63.7 Å². The Morgan fingerprint density at radius 2 is 2.04 bits per heavy atom. The summed E-state index contributed by atoms with van der Waals surface area (Å²) in [5.41, 5.74) is 0.773. The third kappa shape index (κ3) is 3.30. The Hall–Kier alpha value is -1.35. The van der Waals surface area contributed by atoms with Gasteiger partial charge in [-0.1, -0.05) is 32.0 Å². The van der Waals surface area contributed by atoms with E-state index < -0.39 is 0 Å². The van der Waals surface area contributed by atoms with Crippen molar-refractivity contribution in [1.82, 2.24) is 4.90 Å². The molecule has 1 heterocycles. The predicted octanol–water partition coefficient (Wildman–Crippen LogP) is 4.28. The highest BCUT2D eigenvalue weighted by Gasteiger charge is 2.49. The molecule has 0 bridgehead atoms. The number of nitrogens with zero attached hydrogens (tertiary/aromatic N) is 1. The van der Waals surface area contributed by atoms with E-state index in [2.05, 4.69) is 18.7 Å². The average molecular weight is 315 g/mol. The maximum absolute atomic E-state index is 12.5. The lowest BCUT2D eigenvalue weighted by molar-refractivity contribution is -0.101. The lowest BCUT2D eigenvalue weighted by Gasteiger charge is -2.54. The van der Waals surface area contributed by atoms with E-state index in [0.717, 1.165) is 12.8 Å². The normalized spacial score (nSPS) is 31.4. The number of piperidine rings is 1. The smallest absolute Gasteiger partial charge is 0.338 e. The van der Waals surface area contributed by atoms with Crippen LogP contribution >= 0.6 is 0 Å². The molecule has 1 aromatic carbocycles. The first-order valence-corrected chi connectivity index (χ1v) is 9.15. The molecule has 126 valence electrons. The fourth-order valence-electron chi connectivity index (χ4n) is 4.64. The lowest BCUT2D eigenvalue weighted by atomic mass is 9.64. The van der Waals surface area contributed by atoms with Gasteiger partial charge in [0.25, 0.3) is 0 Å². The fourth-order valence-corrected chi connectivity index (χ4v) is 4.64. The molecule has 1 aromatic rings. The molecule has 3 heteroatoms. The highest BCUT2D eigenvalue weighted by Crippen LogP contribution is 2.47. The van der Waals surface area contributed by atoms with Crippen molar-refractivity contribution < 1.29 is 9.53 Å². The van der Waals surface area contributed by atoms with Crippen molar-refractivity contribution >= 4 is 5.97 Å². The minimum absolute atomic E-state index is 0.0496. The summed E-state index contributed by atoms with van der Waals surface area (Å²) in [7, 11) is 0. The fraction of sp³-hybridized carbons (Fsp3) is 0.650. The number of benzene rings is 1. The maximum atomic E-state index is 12.5. The molecule has 0 amide bonds. The van der Waals surface area contributed by atoms with Crippen LogP contribution in [0.2, 0.25) is 0 Å². The van der Waals surface area contributed by atoms with E-state index in [1.54, 1.807) is 0 Å². The second kappa shape index (κ2) is 7.04. The van der Waals surface area contributed by atoms with Crippen molar-refractivity contribution in [2.24, 2.45) is 5.41 Å². The molecule has 1 saturated carbocycles. The third-order valence-electron chi connectivity index (χ3n) is 5.81. The van der Waals surface area contributed by atoms with Gasteiger partial charge in [-0.15, -0.1) is 0 Å². The summed E-state index contributed by atoms with van der Waals surface area (Å²) >= 11 is 0. The van der Waals surface area contributed by atoms with Gasteiger partial charge < -0.3 is 4.74 Å². The van der Waals surface area contributed by atoms with Crippen LogP contribution in [0.25, 0.3) is 0 Å². The summed E-state index contributed by atoms with van der Waals surface area (Å²) in [5.74, 6) is -0.162.